The Kier molecular flexibility index (Phi) is 7.47. The van der Waals surface area contributed by atoms with E-state index in [0.717, 1.165) is 6.42 Å². The number of hydrogen-bond acceptors (Lipinski definition) is 1. The van der Waals surface area contributed by atoms with Gasteiger partial charge >= 0.3 is 0 Å². The van der Waals surface area contributed by atoms with Gasteiger partial charge in [0.2, 0.25) is 0 Å². The molecule has 0 bridgehead atoms. The first-order valence-corrected chi connectivity index (χ1v) is 10.2. The van der Waals surface area contributed by atoms with Crippen LogP contribution in [0.1, 0.15) is 54.0 Å². The van der Waals surface area contributed by atoms with Crippen LogP contribution in [-0.4, -0.2) is 18.0 Å². The van der Waals surface area contributed by atoms with Gasteiger partial charge in [-0.15, -0.1) is 17.0 Å². The molecular formula is C26H30BrN. The Morgan fingerprint density at radius 3 is 2.04 bits per heavy atom. The van der Waals surface area contributed by atoms with E-state index in [0.29, 0.717) is 12.0 Å². The van der Waals surface area contributed by atoms with E-state index >= 15 is 0 Å². The predicted molar refractivity (Wildman–Crippen MR) is 124 cm³/mol. The fraction of sp³-hybridized carbons (Fsp3) is 0.308. The predicted octanol–water partition coefficient (Wildman–Crippen LogP) is 6.80. The van der Waals surface area contributed by atoms with E-state index < -0.39 is 0 Å². The summed E-state index contributed by atoms with van der Waals surface area (Å²) in [6.45, 7) is 4.71. The molecule has 0 radical (unpaired) electrons. The molecule has 0 N–H and O–H groups in total. The number of nitrogens with zero attached hydrogens (tertiary/aromatic N) is 1. The van der Waals surface area contributed by atoms with E-state index in [2.05, 4.69) is 96.8 Å². The number of piperidine rings is 1. The molecule has 2 heteroatoms. The number of halogens is 1. The summed E-state index contributed by atoms with van der Waals surface area (Å²) < 4.78 is 0. The summed E-state index contributed by atoms with van der Waals surface area (Å²) in [6.07, 6.45) is 3.55. The third kappa shape index (κ3) is 4.92. The van der Waals surface area contributed by atoms with Crippen molar-refractivity contribution in [3.63, 3.8) is 0 Å². The molecule has 1 nitrogen and oxygen atoms in total. The maximum atomic E-state index is 2.64. The summed E-state index contributed by atoms with van der Waals surface area (Å²) in [6, 6.07) is 31.4. The molecule has 3 aromatic rings. The zero-order valence-electron chi connectivity index (χ0n) is 16.6. The molecule has 0 amide bonds. The van der Waals surface area contributed by atoms with Crippen molar-refractivity contribution in [3.8, 4) is 0 Å². The van der Waals surface area contributed by atoms with Crippen LogP contribution in [0, 0.1) is 0 Å². The summed E-state index contributed by atoms with van der Waals surface area (Å²) in [5, 5.41) is 0. The minimum absolute atomic E-state index is 0. The molecule has 0 saturated carbocycles. The Bertz CT molecular complexity index is 839. The first-order chi connectivity index (χ1) is 13.3. The summed E-state index contributed by atoms with van der Waals surface area (Å²) in [4.78, 5) is 2.64. The van der Waals surface area contributed by atoms with Gasteiger partial charge in [0.15, 0.2) is 0 Å². The van der Waals surface area contributed by atoms with Crippen LogP contribution in [0.15, 0.2) is 84.9 Å². The van der Waals surface area contributed by atoms with Crippen molar-refractivity contribution in [1.82, 2.24) is 4.90 Å². The fourth-order valence-corrected chi connectivity index (χ4v) is 4.45. The standard InChI is InChI=1S/C26H29N.BrH/c1-21(23-12-6-3-7-13-23)27-18-16-24(17-19-27)26-15-9-8-14-25(26)20-22-10-4-2-5-11-22;/h2-15,21,24H,16-20H2,1H3;1H. The van der Waals surface area contributed by atoms with Crippen LogP contribution in [0.5, 0.6) is 0 Å². The molecule has 1 saturated heterocycles. The van der Waals surface area contributed by atoms with E-state index in [1.807, 2.05) is 0 Å². The molecule has 28 heavy (non-hydrogen) atoms. The van der Waals surface area contributed by atoms with Gasteiger partial charge in [-0.3, -0.25) is 4.90 Å². The molecule has 1 unspecified atom stereocenters. The zero-order valence-corrected chi connectivity index (χ0v) is 18.3. The lowest BCUT2D eigenvalue weighted by atomic mass is 9.84. The molecule has 1 fully saturated rings. The van der Waals surface area contributed by atoms with E-state index in [4.69, 9.17) is 0 Å². The molecule has 4 rings (SSSR count). The van der Waals surface area contributed by atoms with Crippen molar-refractivity contribution in [3.05, 3.63) is 107 Å². The van der Waals surface area contributed by atoms with Gasteiger partial charge in [0.05, 0.1) is 0 Å². The maximum absolute atomic E-state index is 2.64. The molecular weight excluding hydrogens is 406 g/mol. The van der Waals surface area contributed by atoms with E-state index in [1.54, 1.807) is 5.56 Å². The molecule has 0 aromatic heterocycles. The average molecular weight is 436 g/mol. The minimum atomic E-state index is 0. The molecule has 1 heterocycles. The first-order valence-electron chi connectivity index (χ1n) is 10.2. The highest BCUT2D eigenvalue weighted by molar-refractivity contribution is 8.93. The lowest BCUT2D eigenvalue weighted by Gasteiger charge is -2.37. The van der Waals surface area contributed by atoms with E-state index in [-0.39, 0.29) is 17.0 Å². The largest absolute Gasteiger partial charge is 0.297 e. The topological polar surface area (TPSA) is 3.24 Å². The Hall–Kier alpha value is -1.90. The van der Waals surface area contributed by atoms with Gasteiger partial charge < -0.3 is 0 Å². The van der Waals surface area contributed by atoms with Gasteiger partial charge in [0.1, 0.15) is 0 Å². The number of likely N-dealkylation sites (tertiary alicyclic amines) is 1. The van der Waals surface area contributed by atoms with Gasteiger partial charge in [0, 0.05) is 6.04 Å². The molecule has 146 valence electrons. The summed E-state index contributed by atoms with van der Waals surface area (Å²) >= 11 is 0. The number of hydrogen-bond donors (Lipinski definition) is 0. The van der Waals surface area contributed by atoms with Crippen LogP contribution < -0.4 is 0 Å². The van der Waals surface area contributed by atoms with Crippen LogP contribution in [0.3, 0.4) is 0 Å². The van der Waals surface area contributed by atoms with Gasteiger partial charge in [-0.1, -0.05) is 84.9 Å². The van der Waals surface area contributed by atoms with Crippen LogP contribution >= 0.6 is 17.0 Å². The fourth-order valence-electron chi connectivity index (χ4n) is 4.45. The molecule has 1 atom stereocenters. The van der Waals surface area contributed by atoms with Crippen molar-refractivity contribution in [2.75, 3.05) is 13.1 Å². The Balaban J connectivity index is 0.00000225. The van der Waals surface area contributed by atoms with Gasteiger partial charge in [-0.25, -0.2) is 0 Å². The third-order valence-corrected chi connectivity index (χ3v) is 6.09. The van der Waals surface area contributed by atoms with E-state index in [9.17, 15) is 0 Å². The molecule has 1 aliphatic heterocycles. The molecule has 1 aliphatic rings. The Labute approximate surface area is 180 Å². The number of benzene rings is 3. The van der Waals surface area contributed by atoms with Crippen LogP contribution in [0.25, 0.3) is 0 Å². The highest BCUT2D eigenvalue weighted by Gasteiger charge is 2.25. The quantitative estimate of drug-likeness (QED) is 0.425. The van der Waals surface area contributed by atoms with Crippen LogP contribution in [-0.2, 0) is 6.42 Å². The van der Waals surface area contributed by atoms with Crippen molar-refractivity contribution >= 4 is 17.0 Å². The number of rotatable bonds is 5. The van der Waals surface area contributed by atoms with E-state index in [1.165, 1.54) is 42.6 Å². The van der Waals surface area contributed by atoms with Crippen molar-refractivity contribution in [1.29, 1.82) is 0 Å². The van der Waals surface area contributed by atoms with Crippen molar-refractivity contribution < 1.29 is 0 Å². The normalized spacial score (nSPS) is 16.3. The second kappa shape index (κ2) is 10.0. The molecule has 3 aromatic carbocycles. The highest BCUT2D eigenvalue weighted by Crippen LogP contribution is 2.34. The van der Waals surface area contributed by atoms with Crippen molar-refractivity contribution in [2.24, 2.45) is 0 Å². The van der Waals surface area contributed by atoms with Gasteiger partial charge in [-0.05, 0) is 67.4 Å². The summed E-state index contributed by atoms with van der Waals surface area (Å²) in [5.41, 5.74) is 5.90. The van der Waals surface area contributed by atoms with Gasteiger partial charge in [0.25, 0.3) is 0 Å². The second-order valence-corrected chi connectivity index (χ2v) is 7.76. The second-order valence-electron chi connectivity index (χ2n) is 7.76. The lowest BCUT2D eigenvalue weighted by molar-refractivity contribution is 0.162. The lowest BCUT2D eigenvalue weighted by Crippen LogP contribution is -2.35. The third-order valence-electron chi connectivity index (χ3n) is 6.09. The summed E-state index contributed by atoms with van der Waals surface area (Å²) in [7, 11) is 0. The first kappa shape index (κ1) is 20.8. The van der Waals surface area contributed by atoms with Crippen LogP contribution in [0.2, 0.25) is 0 Å². The Morgan fingerprint density at radius 2 is 1.36 bits per heavy atom. The SMILES string of the molecule is Br.CC(c1ccccc1)N1CCC(c2ccccc2Cc2ccccc2)CC1. The maximum Gasteiger partial charge on any atom is 0.0319 e. The molecule has 0 spiro atoms. The molecule has 0 aliphatic carbocycles. The summed E-state index contributed by atoms with van der Waals surface area (Å²) in [5.74, 6) is 0.684. The van der Waals surface area contributed by atoms with Crippen LogP contribution in [0.4, 0.5) is 0 Å². The minimum Gasteiger partial charge on any atom is -0.297 e. The van der Waals surface area contributed by atoms with Gasteiger partial charge in [-0.2, -0.15) is 0 Å². The van der Waals surface area contributed by atoms with Crippen molar-refractivity contribution in [2.45, 2.75) is 38.1 Å². The monoisotopic (exact) mass is 435 g/mol. The Morgan fingerprint density at radius 1 is 0.786 bits per heavy atom. The average Bonchev–Trinajstić information content (AvgIpc) is 2.75. The smallest absolute Gasteiger partial charge is 0.0319 e. The zero-order chi connectivity index (χ0) is 18.5. The highest BCUT2D eigenvalue weighted by atomic mass is 79.9.